The molecule has 0 saturated carbocycles. The predicted octanol–water partition coefficient (Wildman–Crippen LogP) is 3.72. The van der Waals surface area contributed by atoms with Gasteiger partial charge in [0.2, 0.25) is 0 Å². The van der Waals surface area contributed by atoms with Crippen LogP contribution in [-0.2, 0) is 4.74 Å². The molecule has 3 heterocycles. The SMILES string of the molecule is O=c1c2ccsc2nc(SCC2CCCO2)n1-c1ccccc1. The molecule has 3 aromatic rings. The van der Waals surface area contributed by atoms with Crippen LogP contribution in [0.15, 0.2) is 51.7 Å². The molecule has 0 N–H and O–H groups in total. The summed E-state index contributed by atoms with van der Waals surface area (Å²) in [6.45, 7) is 0.841. The number of para-hydroxylation sites is 1. The molecule has 4 rings (SSSR count). The topological polar surface area (TPSA) is 44.1 Å². The Hall–Kier alpha value is -1.63. The summed E-state index contributed by atoms with van der Waals surface area (Å²) in [6.07, 6.45) is 2.47. The van der Waals surface area contributed by atoms with Gasteiger partial charge in [0.25, 0.3) is 5.56 Å². The average molecular weight is 344 g/mol. The second kappa shape index (κ2) is 6.47. The molecular formula is C17H16N2O2S2. The van der Waals surface area contributed by atoms with Gasteiger partial charge in [0, 0.05) is 12.4 Å². The lowest BCUT2D eigenvalue weighted by molar-refractivity contribution is 0.129. The third kappa shape index (κ3) is 2.94. The fraction of sp³-hybridized carbons (Fsp3) is 0.294. The van der Waals surface area contributed by atoms with Gasteiger partial charge in [0.1, 0.15) is 4.83 Å². The van der Waals surface area contributed by atoms with Crippen LogP contribution in [0.4, 0.5) is 0 Å². The molecule has 0 spiro atoms. The van der Waals surface area contributed by atoms with Gasteiger partial charge in [0.15, 0.2) is 5.16 Å². The summed E-state index contributed by atoms with van der Waals surface area (Å²) in [6, 6.07) is 11.6. The highest BCUT2D eigenvalue weighted by Crippen LogP contribution is 2.26. The number of nitrogens with zero attached hydrogens (tertiary/aromatic N) is 2. The van der Waals surface area contributed by atoms with E-state index in [0.29, 0.717) is 5.39 Å². The van der Waals surface area contributed by atoms with Crippen LogP contribution < -0.4 is 5.56 Å². The average Bonchev–Trinajstić information content (AvgIpc) is 3.25. The Labute approximate surface area is 142 Å². The highest BCUT2D eigenvalue weighted by Gasteiger charge is 2.19. The van der Waals surface area contributed by atoms with Crippen molar-refractivity contribution in [2.45, 2.75) is 24.1 Å². The van der Waals surface area contributed by atoms with Crippen molar-refractivity contribution in [2.75, 3.05) is 12.4 Å². The van der Waals surface area contributed by atoms with Gasteiger partial charge in [0.05, 0.1) is 17.2 Å². The lowest BCUT2D eigenvalue weighted by atomic mass is 10.3. The fourth-order valence-corrected chi connectivity index (χ4v) is 4.62. The summed E-state index contributed by atoms with van der Waals surface area (Å²) >= 11 is 3.11. The molecular weight excluding hydrogens is 328 g/mol. The largest absolute Gasteiger partial charge is 0.377 e. The second-order valence-corrected chi connectivity index (χ2v) is 7.34. The maximum absolute atomic E-state index is 12.9. The van der Waals surface area contributed by atoms with E-state index in [1.807, 2.05) is 41.8 Å². The molecule has 4 nitrogen and oxygen atoms in total. The number of hydrogen-bond donors (Lipinski definition) is 0. The lowest BCUT2D eigenvalue weighted by Crippen LogP contribution is -2.21. The minimum Gasteiger partial charge on any atom is -0.377 e. The van der Waals surface area contributed by atoms with E-state index in [2.05, 4.69) is 0 Å². The Morgan fingerprint density at radius 3 is 2.96 bits per heavy atom. The van der Waals surface area contributed by atoms with Crippen LogP contribution >= 0.6 is 23.1 Å². The van der Waals surface area contributed by atoms with Gasteiger partial charge in [-0.05, 0) is 36.4 Å². The summed E-state index contributed by atoms with van der Waals surface area (Å²) in [7, 11) is 0. The maximum Gasteiger partial charge on any atom is 0.267 e. The zero-order valence-electron chi connectivity index (χ0n) is 12.5. The minimum absolute atomic E-state index is 0.00251. The van der Waals surface area contributed by atoms with Gasteiger partial charge in [-0.1, -0.05) is 30.0 Å². The van der Waals surface area contributed by atoms with E-state index in [0.717, 1.165) is 40.9 Å². The van der Waals surface area contributed by atoms with Crippen molar-refractivity contribution in [1.82, 2.24) is 9.55 Å². The third-order valence-corrected chi connectivity index (χ3v) is 5.78. The predicted molar refractivity (Wildman–Crippen MR) is 94.9 cm³/mol. The summed E-state index contributed by atoms with van der Waals surface area (Å²) in [4.78, 5) is 18.4. The quantitative estimate of drug-likeness (QED) is 0.534. The summed E-state index contributed by atoms with van der Waals surface area (Å²) in [5.41, 5.74) is 0.852. The third-order valence-electron chi connectivity index (χ3n) is 3.90. The number of benzene rings is 1. The molecule has 6 heteroatoms. The van der Waals surface area contributed by atoms with Crippen LogP contribution in [0, 0.1) is 0 Å². The van der Waals surface area contributed by atoms with E-state index in [9.17, 15) is 4.79 Å². The Morgan fingerprint density at radius 1 is 1.30 bits per heavy atom. The molecule has 1 aliphatic heterocycles. The van der Waals surface area contributed by atoms with Crippen LogP contribution in [-0.4, -0.2) is 28.0 Å². The molecule has 2 aromatic heterocycles. The first-order valence-electron chi connectivity index (χ1n) is 7.63. The van der Waals surface area contributed by atoms with E-state index in [4.69, 9.17) is 9.72 Å². The van der Waals surface area contributed by atoms with Crippen LogP contribution in [0.25, 0.3) is 15.9 Å². The number of thioether (sulfide) groups is 1. The summed E-state index contributed by atoms with van der Waals surface area (Å²) in [5.74, 6) is 0.830. The number of hydrogen-bond acceptors (Lipinski definition) is 5. The molecule has 0 aliphatic carbocycles. The molecule has 118 valence electrons. The Morgan fingerprint density at radius 2 is 2.17 bits per heavy atom. The smallest absolute Gasteiger partial charge is 0.267 e. The first kappa shape index (κ1) is 14.9. The van der Waals surface area contributed by atoms with Gasteiger partial charge in [-0.25, -0.2) is 4.98 Å². The molecule has 0 radical (unpaired) electrons. The van der Waals surface area contributed by atoms with E-state index >= 15 is 0 Å². The van der Waals surface area contributed by atoms with Gasteiger partial charge in [-0.15, -0.1) is 11.3 Å². The Bertz CT molecular complexity index is 867. The molecule has 0 bridgehead atoms. The van der Waals surface area contributed by atoms with Crippen molar-refractivity contribution < 1.29 is 4.74 Å². The molecule has 1 unspecified atom stereocenters. The molecule has 1 aliphatic rings. The van der Waals surface area contributed by atoms with Crippen molar-refractivity contribution in [3.05, 3.63) is 52.1 Å². The number of aromatic nitrogens is 2. The molecule has 0 amide bonds. The Kier molecular flexibility index (Phi) is 4.20. The number of rotatable bonds is 4. The molecule has 1 fully saturated rings. The zero-order valence-corrected chi connectivity index (χ0v) is 14.1. The van der Waals surface area contributed by atoms with E-state index in [1.165, 1.54) is 11.3 Å². The highest BCUT2D eigenvalue weighted by atomic mass is 32.2. The summed E-state index contributed by atoms with van der Waals surface area (Å²) < 4.78 is 7.41. The van der Waals surface area contributed by atoms with Crippen molar-refractivity contribution in [3.8, 4) is 5.69 Å². The molecule has 1 aromatic carbocycles. The van der Waals surface area contributed by atoms with Gasteiger partial charge >= 0.3 is 0 Å². The minimum atomic E-state index is -0.00251. The highest BCUT2D eigenvalue weighted by molar-refractivity contribution is 7.99. The first-order valence-corrected chi connectivity index (χ1v) is 9.49. The van der Waals surface area contributed by atoms with Crippen LogP contribution in [0.3, 0.4) is 0 Å². The van der Waals surface area contributed by atoms with E-state index in [1.54, 1.807) is 16.3 Å². The van der Waals surface area contributed by atoms with Crippen LogP contribution in [0.5, 0.6) is 0 Å². The van der Waals surface area contributed by atoms with Gasteiger partial charge in [-0.3, -0.25) is 9.36 Å². The van der Waals surface area contributed by atoms with Crippen molar-refractivity contribution >= 4 is 33.3 Å². The fourth-order valence-electron chi connectivity index (χ4n) is 2.74. The van der Waals surface area contributed by atoms with Gasteiger partial charge in [-0.2, -0.15) is 0 Å². The van der Waals surface area contributed by atoms with E-state index in [-0.39, 0.29) is 11.7 Å². The standard InChI is InChI=1S/C17H16N2O2S2/c20-16-14-8-10-22-15(14)18-17(23-11-13-7-4-9-21-13)19(16)12-5-2-1-3-6-12/h1-3,5-6,8,10,13H,4,7,9,11H2. The monoisotopic (exact) mass is 344 g/mol. The van der Waals surface area contributed by atoms with Crippen LogP contribution in [0.1, 0.15) is 12.8 Å². The van der Waals surface area contributed by atoms with Crippen LogP contribution in [0.2, 0.25) is 0 Å². The first-order chi connectivity index (χ1) is 11.3. The van der Waals surface area contributed by atoms with Crippen molar-refractivity contribution in [1.29, 1.82) is 0 Å². The zero-order chi connectivity index (χ0) is 15.6. The van der Waals surface area contributed by atoms with E-state index < -0.39 is 0 Å². The Balaban J connectivity index is 1.78. The second-order valence-electron chi connectivity index (χ2n) is 5.46. The van der Waals surface area contributed by atoms with Crippen molar-refractivity contribution in [3.63, 3.8) is 0 Å². The molecule has 1 atom stereocenters. The number of ether oxygens (including phenoxy) is 1. The molecule has 1 saturated heterocycles. The number of fused-ring (bicyclic) bond motifs is 1. The lowest BCUT2D eigenvalue weighted by Gasteiger charge is -2.13. The summed E-state index contributed by atoms with van der Waals surface area (Å²) in [5, 5.41) is 3.34. The number of thiophene rings is 1. The van der Waals surface area contributed by atoms with Gasteiger partial charge < -0.3 is 4.74 Å². The maximum atomic E-state index is 12.9. The van der Waals surface area contributed by atoms with Crippen molar-refractivity contribution in [2.24, 2.45) is 0 Å². The molecule has 23 heavy (non-hydrogen) atoms. The normalized spacial score (nSPS) is 17.8.